The van der Waals surface area contributed by atoms with E-state index in [-0.39, 0.29) is 6.04 Å². The van der Waals surface area contributed by atoms with E-state index in [9.17, 15) is 0 Å². The second kappa shape index (κ2) is 6.04. The Morgan fingerprint density at radius 2 is 1.78 bits per heavy atom. The molecule has 0 saturated carbocycles. The molecule has 0 amide bonds. The normalized spacial score (nSPS) is 13.1. The molecule has 0 aliphatic carbocycles. The van der Waals surface area contributed by atoms with Crippen molar-refractivity contribution < 1.29 is 4.42 Å². The van der Waals surface area contributed by atoms with Gasteiger partial charge >= 0.3 is 0 Å². The van der Waals surface area contributed by atoms with Crippen LogP contribution in [0.3, 0.4) is 0 Å². The maximum Gasteiger partial charge on any atom is 0.192 e. The summed E-state index contributed by atoms with van der Waals surface area (Å²) < 4.78 is 7.63. The number of nitrogen functional groups attached to an aromatic ring is 1. The molecule has 3 aromatic heterocycles. The molecule has 4 aromatic rings. The van der Waals surface area contributed by atoms with Gasteiger partial charge in [-0.05, 0) is 44.4 Å². The maximum absolute atomic E-state index is 6.31. The number of nitrogens with zero attached hydrogens (tertiary/aromatic N) is 5. The standard InChI is InChI=1S/C20H24N6O/c1-9(2)11(4)26-20-17(19(21)22-12(5)23-20)18(25-26)14-8-15-16(7-10(14)3)27-13(6)24-15/h7-9,11H,1-6H3,(H2,21,22,23). The fourth-order valence-electron chi connectivity index (χ4n) is 3.38. The lowest BCUT2D eigenvalue weighted by atomic mass is 10.0. The highest BCUT2D eigenvalue weighted by Crippen LogP contribution is 2.36. The number of anilines is 1. The van der Waals surface area contributed by atoms with Crippen LogP contribution in [0, 0.1) is 26.7 Å². The van der Waals surface area contributed by atoms with Crippen LogP contribution in [0.1, 0.15) is 44.1 Å². The Hall–Kier alpha value is -2.96. The molecule has 0 aliphatic heterocycles. The summed E-state index contributed by atoms with van der Waals surface area (Å²) in [6.07, 6.45) is 0. The van der Waals surface area contributed by atoms with Crippen molar-refractivity contribution >= 4 is 28.0 Å². The highest BCUT2D eigenvalue weighted by atomic mass is 16.3. The molecule has 0 fully saturated rings. The first-order chi connectivity index (χ1) is 12.8. The summed E-state index contributed by atoms with van der Waals surface area (Å²) in [5, 5.41) is 5.72. The lowest BCUT2D eigenvalue weighted by Gasteiger charge is -2.16. The minimum absolute atomic E-state index is 0.174. The van der Waals surface area contributed by atoms with Crippen LogP contribution in [0.5, 0.6) is 0 Å². The Bertz CT molecular complexity index is 1170. The van der Waals surface area contributed by atoms with Gasteiger partial charge in [0.1, 0.15) is 22.9 Å². The maximum atomic E-state index is 6.31. The lowest BCUT2D eigenvalue weighted by molar-refractivity contribution is 0.384. The van der Waals surface area contributed by atoms with Crippen LogP contribution in [0.25, 0.3) is 33.4 Å². The van der Waals surface area contributed by atoms with Gasteiger partial charge in [0.25, 0.3) is 0 Å². The average molecular weight is 364 g/mol. The van der Waals surface area contributed by atoms with Gasteiger partial charge in [-0.1, -0.05) is 13.8 Å². The largest absolute Gasteiger partial charge is 0.441 e. The number of rotatable bonds is 3. The van der Waals surface area contributed by atoms with Gasteiger partial charge in [-0.2, -0.15) is 5.10 Å². The quantitative estimate of drug-likeness (QED) is 0.580. The number of aryl methyl sites for hydroxylation is 3. The average Bonchev–Trinajstić information content (AvgIpc) is 3.12. The summed E-state index contributed by atoms with van der Waals surface area (Å²) >= 11 is 0. The molecule has 140 valence electrons. The van der Waals surface area contributed by atoms with Gasteiger partial charge in [0, 0.05) is 12.5 Å². The van der Waals surface area contributed by atoms with E-state index in [2.05, 4.69) is 35.7 Å². The van der Waals surface area contributed by atoms with Crippen LogP contribution in [0.2, 0.25) is 0 Å². The van der Waals surface area contributed by atoms with E-state index in [1.54, 1.807) is 0 Å². The summed E-state index contributed by atoms with van der Waals surface area (Å²) in [4.78, 5) is 13.5. The van der Waals surface area contributed by atoms with Crippen molar-refractivity contribution in [3.63, 3.8) is 0 Å². The SMILES string of the molecule is Cc1nc(N)c2c(-c3cc4nc(C)oc4cc3C)nn(C(C)C(C)C)c2n1. The topological polar surface area (TPSA) is 95.6 Å². The third kappa shape index (κ3) is 2.74. The van der Waals surface area contributed by atoms with Crippen molar-refractivity contribution in [2.45, 2.75) is 47.6 Å². The first kappa shape index (κ1) is 17.5. The summed E-state index contributed by atoms with van der Waals surface area (Å²) in [5.41, 5.74) is 11.5. The van der Waals surface area contributed by atoms with Crippen molar-refractivity contribution in [2.24, 2.45) is 5.92 Å². The van der Waals surface area contributed by atoms with E-state index in [1.807, 2.05) is 37.6 Å². The molecule has 2 N–H and O–H groups in total. The van der Waals surface area contributed by atoms with Gasteiger partial charge in [0.2, 0.25) is 0 Å². The van der Waals surface area contributed by atoms with Crippen molar-refractivity contribution in [2.75, 3.05) is 5.73 Å². The smallest absolute Gasteiger partial charge is 0.192 e. The first-order valence-electron chi connectivity index (χ1n) is 9.16. The molecular formula is C20H24N6O. The molecule has 0 saturated heterocycles. The van der Waals surface area contributed by atoms with Gasteiger partial charge in [0.05, 0.1) is 11.4 Å². The molecule has 3 heterocycles. The number of fused-ring (bicyclic) bond motifs is 2. The van der Waals surface area contributed by atoms with E-state index in [1.165, 1.54) is 0 Å². The fourth-order valence-corrected chi connectivity index (χ4v) is 3.38. The van der Waals surface area contributed by atoms with E-state index in [0.29, 0.717) is 23.5 Å². The number of hydrogen-bond acceptors (Lipinski definition) is 6. The van der Waals surface area contributed by atoms with E-state index >= 15 is 0 Å². The van der Waals surface area contributed by atoms with Crippen LogP contribution >= 0.6 is 0 Å². The van der Waals surface area contributed by atoms with E-state index < -0.39 is 0 Å². The molecule has 0 bridgehead atoms. The highest BCUT2D eigenvalue weighted by Gasteiger charge is 2.23. The first-order valence-corrected chi connectivity index (χ1v) is 9.16. The summed E-state index contributed by atoms with van der Waals surface area (Å²) in [7, 11) is 0. The van der Waals surface area contributed by atoms with E-state index in [4.69, 9.17) is 15.2 Å². The molecule has 7 nitrogen and oxygen atoms in total. The molecule has 0 radical (unpaired) electrons. The number of benzene rings is 1. The monoisotopic (exact) mass is 364 g/mol. The van der Waals surface area contributed by atoms with Gasteiger partial charge < -0.3 is 10.2 Å². The second-order valence-corrected chi connectivity index (χ2v) is 7.50. The molecule has 7 heteroatoms. The predicted molar refractivity (Wildman–Crippen MR) is 106 cm³/mol. The molecular weight excluding hydrogens is 340 g/mol. The van der Waals surface area contributed by atoms with Crippen LogP contribution in [-0.2, 0) is 0 Å². The molecule has 1 unspecified atom stereocenters. The van der Waals surface area contributed by atoms with Gasteiger partial charge in [0.15, 0.2) is 17.1 Å². The zero-order valence-corrected chi connectivity index (χ0v) is 16.5. The van der Waals surface area contributed by atoms with Crippen LogP contribution < -0.4 is 5.73 Å². The molecule has 0 aliphatic rings. The van der Waals surface area contributed by atoms with Crippen molar-refractivity contribution in [3.05, 3.63) is 29.4 Å². The molecule has 1 aromatic carbocycles. The van der Waals surface area contributed by atoms with Crippen molar-refractivity contribution in [1.29, 1.82) is 0 Å². The molecule has 27 heavy (non-hydrogen) atoms. The minimum atomic E-state index is 0.174. The zero-order chi connectivity index (χ0) is 19.5. The summed E-state index contributed by atoms with van der Waals surface area (Å²) in [5.74, 6) is 2.14. The van der Waals surface area contributed by atoms with Crippen LogP contribution in [0.15, 0.2) is 16.5 Å². The van der Waals surface area contributed by atoms with Crippen molar-refractivity contribution in [3.8, 4) is 11.3 Å². The number of nitrogens with two attached hydrogens (primary N) is 1. The number of aromatic nitrogens is 5. The highest BCUT2D eigenvalue weighted by molar-refractivity contribution is 6.00. The number of hydrogen-bond donors (Lipinski definition) is 1. The van der Waals surface area contributed by atoms with Gasteiger partial charge in [-0.25, -0.2) is 19.6 Å². The Labute approximate surface area is 157 Å². The predicted octanol–water partition coefficient (Wildman–Crippen LogP) is 4.36. The zero-order valence-electron chi connectivity index (χ0n) is 16.5. The van der Waals surface area contributed by atoms with Crippen molar-refractivity contribution in [1.82, 2.24) is 24.7 Å². The number of oxazole rings is 1. The summed E-state index contributed by atoms with van der Waals surface area (Å²) in [6.45, 7) is 12.2. The van der Waals surface area contributed by atoms with Gasteiger partial charge in [-0.15, -0.1) is 0 Å². The summed E-state index contributed by atoms with van der Waals surface area (Å²) in [6, 6.07) is 4.17. The fraction of sp³-hybridized carbons (Fsp3) is 0.400. The minimum Gasteiger partial charge on any atom is -0.441 e. The third-order valence-electron chi connectivity index (χ3n) is 5.14. The van der Waals surface area contributed by atoms with Crippen LogP contribution in [-0.4, -0.2) is 24.7 Å². The molecule has 0 spiro atoms. The Balaban J connectivity index is 2.06. The van der Waals surface area contributed by atoms with E-state index in [0.717, 1.165) is 39.0 Å². The second-order valence-electron chi connectivity index (χ2n) is 7.50. The molecule has 4 rings (SSSR count). The third-order valence-corrected chi connectivity index (χ3v) is 5.14. The van der Waals surface area contributed by atoms with Gasteiger partial charge in [-0.3, -0.25) is 0 Å². The Kier molecular flexibility index (Phi) is 3.91. The lowest BCUT2D eigenvalue weighted by Crippen LogP contribution is -2.14. The van der Waals surface area contributed by atoms with Crippen LogP contribution in [0.4, 0.5) is 5.82 Å². The molecule has 1 atom stereocenters. The Morgan fingerprint density at radius 1 is 1.04 bits per heavy atom. The Morgan fingerprint density at radius 3 is 2.48 bits per heavy atom.